The predicted octanol–water partition coefficient (Wildman–Crippen LogP) is 6.34. The van der Waals surface area contributed by atoms with Crippen molar-refractivity contribution in [2.45, 2.75) is 31.6 Å². The average molecular weight is 495 g/mol. The molecule has 1 saturated heterocycles. The van der Waals surface area contributed by atoms with Crippen molar-refractivity contribution < 1.29 is 18.0 Å². The normalized spacial score (nSPS) is 17.7. The first-order chi connectivity index (χ1) is 15.7. The molecule has 4 rings (SSSR count). The molecule has 2 amide bonds. The molecule has 2 aliphatic rings. The highest BCUT2D eigenvalue weighted by Gasteiger charge is 2.41. The van der Waals surface area contributed by atoms with E-state index in [0.717, 1.165) is 28.1 Å². The molecule has 2 aromatic rings. The third kappa shape index (κ3) is 5.19. The first-order valence-electron chi connectivity index (χ1n) is 10.5. The zero-order valence-corrected chi connectivity index (χ0v) is 19.4. The molecule has 174 valence electrons. The molecule has 2 aliphatic heterocycles. The second kappa shape index (κ2) is 9.38. The van der Waals surface area contributed by atoms with Gasteiger partial charge in [0, 0.05) is 36.5 Å². The summed E-state index contributed by atoms with van der Waals surface area (Å²) in [6.07, 6.45) is -3.56. The van der Waals surface area contributed by atoms with Crippen molar-refractivity contribution in [2.24, 2.45) is 9.98 Å². The summed E-state index contributed by atoms with van der Waals surface area (Å²) in [5.74, 6) is 0.842. The summed E-state index contributed by atoms with van der Waals surface area (Å²) in [5, 5.41) is 3.91. The van der Waals surface area contributed by atoms with Gasteiger partial charge in [0.05, 0.1) is 17.0 Å². The summed E-state index contributed by atoms with van der Waals surface area (Å²) in [7, 11) is 0. The third-order valence-corrected chi connectivity index (χ3v) is 6.66. The number of benzene rings is 2. The number of aliphatic imine (C=N–C) groups is 2. The lowest BCUT2D eigenvalue weighted by Crippen LogP contribution is -2.46. The summed E-state index contributed by atoms with van der Waals surface area (Å²) in [6.45, 7) is 2.72. The van der Waals surface area contributed by atoms with Gasteiger partial charge in [-0.25, -0.2) is 9.79 Å². The van der Waals surface area contributed by atoms with E-state index in [9.17, 15) is 18.0 Å². The Morgan fingerprint density at radius 2 is 1.79 bits per heavy atom. The smallest absolute Gasteiger partial charge is 0.324 e. The number of nitrogens with zero attached hydrogens (tertiary/aromatic N) is 3. The number of rotatable bonds is 3. The molecule has 0 aliphatic carbocycles. The topological polar surface area (TPSA) is 57.1 Å². The molecule has 10 heteroatoms. The van der Waals surface area contributed by atoms with E-state index in [4.69, 9.17) is 21.6 Å². The van der Waals surface area contributed by atoms with E-state index in [0.29, 0.717) is 31.0 Å². The molecule has 5 nitrogen and oxygen atoms in total. The van der Waals surface area contributed by atoms with Crippen LogP contribution < -0.4 is 5.32 Å². The number of anilines is 1. The van der Waals surface area contributed by atoms with Crippen molar-refractivity contribution in [1.82, 2.24) is 4.90 Å². The molecule has 2 heterocycles. The van der Waals surface area contributed by atoms with Crippen LogP contribution in [0, 0.1) is 0 Å². The number of para-hydroxylation sites is 1. The molecule has 33 heavy (non-hydrogen) atoms. The van der Waals surface area contributed by atoms with Crippen molar-refractivity contribution in [3.05, 3.63) is 64.7 Å². The molecular formula is C23H22ClF3N4OS. The number of carbonyl (C=O) groups is 1. The van der Waals surface area contributed by atoms with Crippen LogP contribution in [-0.2, 0) is 6.18 Å². The molecule has 1 fully saturated rings. The second-order valence-corrected chi connectivity index (χ2v) is 9.45. The minimum Gasteiger partial charge on any atom is -0.324 e. The number of likely N-dealkylation sites (tertiary alicyclic amines) is 1. The quantitative estimate of drug-likeness (QED) is 0.541. The number of amides is 2. The van der Waals surface area contributed by atoms with E-state index >= 15 is 0 Å². The van der Waals surface area contributed by atoms with E-state index in [-0.39, 0.29) is 5.69 Å². The summed E-state index contributed by atoms with van der Waals surface area (Å²) >= 11 is 7.63. The first kappa shape index (κ1) is 23.6. The zero-order chi connectivity index (χ0) is 23.6. The highest BCUT2D eigenvalue weighted by atomic mass is 35.5. The van der Waals surface area contributed by atoms with Crippen LogP contribution in [0.4, 0.5) is 23.7 Å². The van der Waals surface area contributed by atoms with E-state index < -0.39 is 23.4 Å². The Bertz CT molecular complexity index is 1090. The maximum Gasteiger partial charge on any atom is 0.418 e. The fourth-order valence-corrected chi connectivity index (χ4v) is 4.82. The molecular weight excluding hydrogens is 473 g/mol. The van der Waals surface area contributed by atoms with Crippen LogP contribution in [0.2, 0.25) is 5.02 Å². The van der Waals surface area contributed by atoms with Crippen LogP contribution in [0.25, 0.3) is 0 Å². The molecule has 1 spiro atoms. The number of thioether (sulfide) groups is 1. The molecule has 0 radical (unpaired) electrons. The number of piperidine rings is 1. The molecule has 0 aromatic heterocycles. The van der Waals surface area contributed by atoms with Gasteiger partial charge in [0.25, 0.3) is 0 Å². The summed E-state index contributed by atoms with van der Waals surface area (Å²) < 4.78 is 39.7. The summed E-state index contributed by atoms with van der Waals surface area (Å²) in [5.41, 5.74) is -0.0346. The molecule has 0 saturated carbocycles. The minimum atomic E-state index is -4.55. The lowest BCUT2D eigenvalue weighted by Gasteiger charge is -2.35. The monoisotopic (exact) mass is 494 g/mol. The van der Waals surface area contributed by atoms with Crippen molar-refractivity contribution >= 4 is 45.8 Å². The van der Waals surface area contributed by atoms with Crippen LogP contribution in [0.5, 0.6) is 0 Å². The SMILES string of the molecule is CCSC1=NC2(CCN(C(=O)Nc3ccccc3C(F)(F)F)CC2)N=C1c1ccc(Cl)cc1. The summed E-state index contributed by atoms with van der Waals surface area (Å²) in [6, 6.07) is 11.8. The van der Waals surface area contributed by atoms with E-state index in [2.05, 4.69) is 5.32 Å². The molecule has 0 bridgehead atoms. The highest BCUT2D eigenvalue weighted by Crippen LogP contribution is 2.37. The number of urea groups is 1. The van der Waals surface area contributed by atoms with E-state index in [1.807, 2.05) is 31.2 Å². The van der Waals surface area contributed by atoms with Gasteiger partial charge in [-0.1, -0.05) is 42.8 Å². The van der Waals surface area contributed by atoms with Crippen LogP contribution in [0.15, 0.2) is 58.5 Å². The maximum atomic E-state index is 13.2. The van der Waals surface area contributed by atoms with Gasteiger partial charge in [-0.3, -0.25) is 4.99 Å². The Balaban J connectivity index is 1.48. The van der Waals surface area contributed by atoms with Crippen molar-refractivity contribution in [3.63, 3.8) is 0 Å². The van der Waals surface area contributed by atoms with Gasteiger partial charge in [-0.2, -0.15) is 13.2 Å². The standard InChI is InChI=1S/C23H22ClF3N4OS/c1-2-33-20-19(15-7-9-16(24)10-8-15)29-22(30-20)11-13-31(14-12-22)21(32)28-18-6-4-3-5-17(18)23(25,26)27/h3-10H,2,11-14H2,1H3,(H,28,32). The van der Waals surface area contributed by atoms with Gasteiger partial charge < -0.3 is 10.2 Å². The van der Waals surface area contributed by atoms with Crippen molar-refractivity contribution in [2.75, 3.05) is 24.2 Å². The average Bonchev–Trinajstić information content (AvgIpc) is 3.12. The van der Waals surface area contributed by atoms with Gasteiger partial charge in [0.1, 0.15) is 5.04 Å². The zero-order valence-electron chi connectivity index (χ0n) is 17.8. The third-order valence-electron chi connectivity index (χ3n) is 5.56. The molecule has 0 atom stereocenters. The molecule has 0 unspecified atom stereocenters. The molecule has 1 N–H and O–H groups in total. The number of nitrogens with one attached hydrogen (secondary N) is 1. The molecule has 2 aromatic carbocycles. The fraction of sp³-hybridized carbons (Fsp3) is 0.348. The van der Waals surface area contributed by atoms with Gasteiger partial charge in [-0.05, 0) is 30.0 Å². The number of carbonyl (C=O) groups excluding carboxylic acids is 1. The second-order valence-electron chi connectivity index (χ2n) is 7.76. The van der Waals surface area contributed by atoms with Crippen molar-refractivity contribution in [3.8, 4) is 0 Å². The van der Waals surface area contributed by atoms with Crippen LogP contribution >= 0.6 is 23.4 Å². The van der Waals surface area contributed by atoms with Crippen LogP contribution in [-0.4, -0.2) is 46.2 Å². The Labute approximate surface area is 199 Å². The number of hydrogen-bond donors (Lipinski definition) is 1. The Morgan fingerprint density at radius 3 is 2.42 bits per heavy atom. The van der Waals surface area contributed by atoms with E-state index in [1.165, 1.54) is 23.1 Å². The fourth-order valence-electron chi connectivity index (χ4n) is 3.88. The lowest BCUT2D eigenvalue weighted by atomic mass is 9.98. The number of halogens is 4. The predicted molar refractivity (Wildman–Crippen MR) is 128 cm³/mol. The van der Waals surface area contributed by atoms with Crippen LogP contribution in [0.3, 0.4) is 0 Å². The summed E-state index contributed by atoms with van der Waals surface area (Å²) in [4.78, 5) is 24.1. The Kier molecular flexibility index (Phi) is 6.72. The number of alkyl halides is 3. The minimum absolute atomic E-state index is 0.251. The Morgan fingerprint density at radius 1 is 1.12 bits per heavy atom. The van der Waals surface area contributed by atoms with Gasteiger partial charge in [-0.15, -0.1) is 11.8 Å². The van der Waals surface area contributed by atoms with Gasteiger partial charge in [0.15, 0.2) is 5.66 Å². The Hall–Kier alpha value is -2.52. The lowest BCUT2D eigenvalue weighted by molar-refractivity contribution is -0.136. The van der Waals surface area contributed by atoms with Gasteiger partial charge in [0.2, 0.25) is 0 Å². The maximum absolute atomic E-state index is 13.2. The van der Waals surface area contributed by atoms with Gasteiger partial charge >= 0.3 is 12.2 Å². The van der Waals surface area contributed by atoms with Crippen molar-refractivity contribution in [1.29, 1.82) is 0 Å². The van der Waals surface area contributed by atoms with E-state index in [1.54, 1.807) is 11.8 Å². The largest absolute Gasteiger partial charge is 0.418 e. The first-order valence-corrected chi connectivity index (χ1v) is 11.9. The number of hydrogen-bond acceptors (Lipinski definition) is 4. The van der Waals surface area contributed by atoms with Crippen LogP contribution in [0.1, 0.15) is 30.9 Å². The highest BCUT2D eigenvalue weighted by molar-refractivity contribution is 8.15.